The van der Waals surface area contributed by atoms with Gasteiger partial charge in [-0.2, -0.15) is 5.10 Å². The minimum Gasteiger partial charge on any atom is -0.281 e. The number of hydrazine groups is 1. The summed E-state index contributed by atoms with van der Waals surface area (Å²) in [5, 5.41) is 6.27. The van der Waals surface area contributed by atoms with Crippen molar-refractivity contribution in [2.75, 3.05) is 5.43 Å². The molecule has 0 aliphatic carbocycles. The maximum atomic E-state index is 12.3. The number of rotatable bonds is 4. The summed E-state index contributed by atoms with van der Waals surface area (Å²) in [5.74, 6) is 0.0397. The van der Waals surface area contributed by atoms with E-state index in [0.717, 1.165) is 0 Å². The number of amides is 1. The van der Waals surface area contributed by atoms with Crippen LogP contribution in [0.15, 0.2) is 55.0 Å². The van der Waals surface area contributed by atoms with Gasteiger partial charge < -0.3 is 0 Å². The molecule has 0 radical (unpaired) electrons. The van der Waals surface area contributed by atoms with Crippen LogP contribution in [-0.2, 0) is 0 Å². The second-order valence-electron chi connectivity index (χ2n) is 5.70. The number of nitrogens with one attached hydrogen (secondary N) is 2. The van der Waals surface area contributed by atoms with E-state index in [-0.39, 0.29) is 5.91 Å². The number of carbonyl (C=O) groups is 1. The van der Waals surface area contributed by atoms with Crippen molar-refractivity contribution >= 4 is 57.6 Å². The summed E-state index contributed by atoms with van der Waals surface area (Å²) in [6.07, 6.45) is 2.96. The average molecular weight is 434 g/mol. The second-order valence-corrected chi connectivity index (χ2v) is 6.95. The molecule has 2 aromatic heterocycles. The Morgan fingerprint density at radius 2 is 1.86 bits per heavy atom. The van der Waals surface area contributed by atoms with Crippen LogP contribution in [-0.4, -0.2) is 25.7 Å². The van der Waals surface area contributed by atoms with E-state index in [1.54, 1.807) is 53.3 Å². The van der Waals surface area contributed by atoms with Crippen molar-refractivity contribution in [1.82, 2.24) is 25.2 Å². The van der Waals surface area contributed by atoms with Gasteiger partial charge in [0.1, 0.15) is 6.33 Å². The van der Waals surface area contributed by atoms with Gasteiger partial charge in [0.25, 0.3) is 5.91 Å². The predicted molar refractivity (Wildman–Crippen MR) is 109 cm³/mol. The van der Waals surface area contributed by atoms with Crippen molar-refractivity contribution in [3.05, 3.63) is 75.6 Å². The summed E-state index contributed by atoms with van der Waals surface area (Å²) in [6, 6.07) is 11.7. The Labute approximate surface area is 174 Å². The number of anilines is 1. The molecular weight excluding hydrogens is 423 g/mol. The Bertz CT molecular complexity index is 1190. The van der Waals surface area contributed by atoms with Crippen LogP contribution < -0.4 is 10.9 Å². The monoisotopic (exact) mass is 432 g/mol. The fraction of sp³-hybridized carbons (Fsp3) is 0. The van der Waals surface area contributed by atoms with Gasteiger partial charge in [-0.25, -0.2) is 14.6 Å². The normalized spacial score (nSPS) is 10.8. The first-order valence-electron chi connectivity index (χ1n) is 7.99. The highest BCUT2D eigenvalue weighted by molar-refractivity contribution is 6.42. The minimum atomic E-state index is -0.355. The van der Waals surface area contributed by atoms with Crippen molar-refractivity contribution in [3.8, 4) is 5.69 Å². The van der Waals surface area contributed by atoms with Gasteiger partial charge in [-0.3, -0.25) is 15.6 Å². The zero-order valence-electron chi connectivity index (χ0n) is 14.0. The van der Waals surface area contributed by atoms with Gasteiger partial charge in [0.15, 0.2) is 11.5 Å². The zero-order valence-corrected chi connectivity index (χ0v) is 16.3. The highest BCUT2D eigenvalue weighted by Gasteiger charge is 2.13. The highest BCUT2D eigenvalue weighted by atomic mass is 35.5. The van der Waals surface area contributed by atoms with Crippen molar-refractivity contribution in [2.45, 2.75) is 0 Å². The summed E-state index contributed by atoms with van der Waals surface area (Å²) >= 11 is 18.0. The number of benzene rings is 2. The minimum absolute atomic E-state index is 0.355. The van der Waals surface area contributed by atoms with Gasteiger partial charge in [0, 0.05) is 10.6 Å². The molecule has 2 N–H and O–H groups in total. The fourth-order valence-electron chi connectivity index (χ4n) is 2.57. The van der Waals surface area contributed by atoms with Crippen molar-refractivity contribution in [1.29, 1.82) is 0 Å². The lowest BCUT2D eigenvalue weighted by atomic mass is 10.2. The predicted octanol–water partition coefficient (Wildman–Crippen LogP) is 4.53. The van der Waals surface area contributed by atoms with Crippen LogP contribution in [0.4, 0.5) is 5.82 Å². The lowest BCUT2D eigenvalue weighted by molar-refractivity contribution is 0.0962. The standard InChI is InChI=1S/C18H11Cl3N6O/c19-11-3-1-2-10(6-11)18(28)26-25-16-13-8-24-27(17(13)23-9-22-16)12-4-5-14(20)15(21)7-12/h1-9H,(H,26,28)(H,22,23,25). The molecule has 4 rings (SSSR count). The van der Waals surface area contributed by atoms with E-state index in [9.17, 15) is 4.79 Å². The Morgan fingerprint density at radius 3 is 2.64 bits per heavy atom. The van der Waals surface area contributed by atoms with E-state index >= 15 is 0 Å². The van der Waals surface area contributed by atoms with Crippen LogP contribution in [0.2, 0.25) is 15.1 Å². The molecule has 28 heavy (non-hydrogen) atoms. The van der Waals surface area contributed by atoms with E-state index in [1.165, 1.54) is 6.33 Å². The van der Waals surface area contributed by atoms with Crippen molar-refractivity contribution in [3.63, 3.8) is 0 Å². The third-order valence-electron chi connectivity index (χ3n) is 3.89. The van der Waals surface area contributed by atoms with E-state index in [0.29, 0.717) is 43.2 Å². The molecule has 0 aliphatic rings. The van der Waals surface area contributed by atoms with Crippen molar-refractivity contribution < 1.29 is 4.79 Å². The lowest BCUT2D eigenvalue weighted by Crippen LogP contribution is -2.29. The van der Waals surface area contributed by atoms with Crippen LogP contribution in [0.25, 0.3) is 16.7 Å². The van der Waals surface area contributed by atoms with E-state index in [4.69, 9.17) is 34.8 Å². The molecule has 1 amide bonds. The van der Waals surface area contributed by atoms with Gasteiger partial charge in [-0.15, -0.1) is 0 Å². The molecule has 0 aliphatic heterocycles. The third kappa shape index (κ3) is 3.60. The van der Waals surface area contributed by atoms with E-state index in [2.05, 4.69) is 25.9 Å². The largest absolute Gasteiger partial charge is 0.281 e. The quantitative estimate of drug-likeness (QED) is 0.462. The fourth-order valence-corrected chi connectivity index (χ4v) is 3.05. The van der Waals surface area contributed by atoms with Gasteiger partial charge >= 0.3 is 0 Å². The van der Waals surface area contributed by atoms with Gasteiger partial charge in [0.2, 0.25) is 0 Å². The van der Waals surface area contributed by atoms with Crippen LogP contribution >= 0.6 is 34.8 Å². The first kappa shape index (κ1) is 18.5. The first-order valence-corrected chi connectivity index (χ1v) is 9.12. The Kier molecular flexibility index (Phi) is 5.04. The average Bonchev–Trinajstić information content (AvgIpc) is 3.13. The van der Waals surface area contributed by atoms with E-state index in [1.807, 2.05) is 0 Å². The molecule has 140 valence electrons. The van der Waals surface area contributed by atoms with Crippen LogP contribution in [0, 0.1) is 0 Å². The number of halogens is 3. The zero-order chi connectivity index (χ0) is 19.7. The molecule has 0 saturated heterocycles. The van der Waals surface area contributed by atoms with Gasteiger partial charge in [-0.1, -0.05) is 40.9 Å². The molecule has 2 aromatic carbocycles. The van der Waals surface area contributed by atoms with Crippen LogP contribution in [0.5, 0.6) is 0 Å². The molecule has 0 saturated carbocycles. The number of fused-ring (bicyclic) bond motifs is 1. The molecule has 4 aromatic rings. The topological polar surface area (TPSA) is 84.7 Å². The molecule has 7 nitrogen and oxygen atoms in total. The molecule has 0 spiro atoms. The Balaban J connectivity index is 1.61. The molecule has 2 heterocycles. The molecule has 0 bridgehead atoms. The molecule has 0 fully saturated rings. The molecule has 10 heteroatoms. The van der Waals surface area contributed by atoms with Gasteiger partial charge in [0.05, 0.1) is 27.3 Å². The maximum absolute atomic E-state index is 12.3. The summed E-state index contributed by atoms with van der Waals surface area (Å²) in [4.78, 5) is 20.7. The lowest BCUT2D eigenvalue weighted by Gasteiger charge is -2.09. The molecule has 0 atom stereocenters. The number of hydrogen-bond donors (Lipinski definition) is 2. The number of hydrogen-bond acceptors (Lipinski definition) is 5. The number of aromatic nitrogens is 4. The summed E-state index contributed by atoms with van der Waals surface area (Å²) < 4.78 is 1.60. The highest BCUT2D eigenvalue weighted by Crippen LogP contribution is 2.27. The van der Waals surface area contributed by atoms with E-state index < -0.39 is 0 Å². The molecule has 0 unspecified atom stereocenters. The summed E-state index contributed by atoms with van der Waals surface area (Å²) in [7, 11) is 0. The smallest absolute Gasteiger partial charge is 0.269 e. The Hall–Kier alpha value is -2.87. The third-order valence-corrected chi connectivity index (χ3v) is 4.87. The summed E-state index contributed by atoms with van der Waals surface area (Å²) in [6.45, 7) is 0. The number of nitrogens with zero attached hydrogens (tertiary/aromatic N) is 4. The summed E-state index contributed by atoms with van der Waals surface area (Å²) in [5.41, 5.74) is 7.02. The molecular formula is C18H11Cl3N6O. The van der Waals surface area contributed by atoms with Gasteiger partial charge in [-0.05, 0) is 36.4 Å². The second kappa shape index (κ2) is 7.63. The first-order chi connectivity index (χ1) is 13.5. The van der Waals surface area contributed by atoms with Crippen molar-refractivity contribution in [2.24, 2.45) is 0 Å². The van der Waals surface area contributed by atoms with Crippen LogP contribution in [0.1, 0.15) is 10.4 Å². The maximum Gasteiger partial charge on any atom is 0.269 e. The number of carbonyl (C=O) groups excluding carboxylic acids is 1. The SMILES string of the molecule is O=C(NNc1ncnc2c1cnn2-c1ccc(Cl)c(Cl)c1)c1cccc(Cl)c1. The Morgan fingerprint density at radius 1 is 1.00 bits per heavy atom. The van der Waals surface area contributed by atoms with Crippen LogP contribution in [0.3, 0.4) is 0 Å².